The third-order valence-electron chi connectivity index (χ3n) is 3.61. The zero-order valence-electron chi connectivity index (χ0n) is 12.9. The van der Waals surface area contributed by atoms with E-state index in [1.165, 1.54) is 0 Å². The van der Waals surface area contributed by atoms with E-state index in [0.29, 0.717) is 31.2 Å². The number of nitrogens with zero attached hydrogens (tertiary/aromatic N) is 1. The lowest BCUT2D eigenvalue weighted by Crippen LogP contribution is -2.47. The summed E-state index contributed by atoms with van der Waals surface area (Å²) in [7, 11) is 1.61. The van der Waals surface area contributed by atoms with Crippen molar-refractivity contribution in [3.8, 4) is 11.5 Å². The van der Waals surface area contributed by atoms with Crippen LogP contribution in [-0.2, 0) is 16.1 Å². The summed E-state index contributed by atoms with van der Waals surface area (Å²) in [4.78, 5) is 14.5. The first kappa shape index (κ1) is 15.4. The Labute approximate surface area is 134 Å². The molecule has 0 saturated heterocycles. The van der Waals surface area contributed by atoms with Crippen LogP contribution in [0.3, 0.4) is 0 Å². The molecule has 122 valence electrons. The average Bonchev–Trinajstić information content (AvgIpc) is 3.10. The van der Waals surface area contributed by atoms with Gasteiger partial charge in [-0.15, -0.1) is 0 Å². The highest BCUT2D eigenvalue weighted by molar-refractivity contribution is 5.82. The molecule has 1 aromatic carbocycles. The van der Waals surface area contributed by atoms with Gasteiger partial charge >= 0.3 is 0 Å². The molecule has 6 heteroatoms. The van der Waals surface area contributed by atoms with Gasteiger partial charge in [-0.2, -0.15) is 0 Å². The van der Waals surface area contributed by atoms with Gasteiger partial charge in [0.05, 0.1) is 19.1 Å². The topological polar surface area (TPSA) is 61.1 Å². The van der Waals surface area contributed by atoms with Crippen LogP contribution in [0.1, 0.15) is 5.56 Å². The van der Waals surface area contributed by atoms with Gasteiger partial charge in [0, 0.05) is 25.8 Å². The fraction of sp³-hybridized carbons (Fsp3) is 0.353. The van der Waals surface area contributed by atoms with E-state index >= 15 is 0 Å². The third kappa shape index (κ3) is 3.65. The highest BCUT2D eigenvalue weighted by Crippen LogP contribution is 2.31. The van der Waals surface area contributed by atoms with E-state index in [1.54, 1.807) is 30.6 Å². The molecule has 1 aliphatic rings. The molecular weight excluding hydrogens is 298 g/mol. The minimum Gasteiger partial charge on any atom is -0.485 e. The molecule has 1 aromatic heterocycles. The van der Waals surface area contributed by atoms with Crippen molar-refractivity contribution in [1.82, 2.24) is 4.90 Å². The monoisotopic (exact) mass is 317 g/mol. The second-order valence-electron chi connectivity index (χ2n) is 5.25. The SMILES string of the molecule is COCCN(Cc1ccoc1)C(=O)[C@@H]1COc2ccccc2O1. The average molecular weight is 317 g/mol. The number of rotatable bonds is 6. The Kier molecular flexibility index (Phi) is 4.83. The van der Waals surface area contributed by atoms with Gasteiger partial charge in [-0.05, 0) is 18.2 Å². The Bertz CT molecular complexity index is 640. The highest BCUT2D eigenvalue weighted by Gasteiger charge is 2.31. The number of benzene rings is 1. The van der Waals surface area contributed by atoms with Crippen LogP contribution >= 0.6 is 0 Å². The number of furan rings is 1. The van der Waals surface area contributed by atoms with E-state index in [4.69, 9.17) is 18.6 Å². The fourth-order valence-corrected chi connectivity index (χ4v) is 2.42. The quantitative estimate of drug-likeness (QED) is 0.816. The van der Waals surface area contributed by atoms with E-state index in [2.05, 4.69) is 0 Å². The Hall–Kier alpha value is -2.47. The van der Waals surface area contributed by atoms with E-state index < -0.39 is 6.10 Å². The van der Waals surface area contributed by atoms with Crippen LogP contribution in [-0.4, -0.2) is 43.8 Å². The fourth-order valence-electron chi connectivity index (χ4n) is 2.42. The maximum absolute atomic E-state index is 12.8. The molecule has 2 aromatic rings. The Morgan fingerprint density at radius 2 is 2.13 bits per heavy atom. The number of fused-ring (bicyclic) bond motifs is 1. The first-order chi connectivity index (χ1) is 11.3. The van der Waals surface area contributed by atoms with Gasteiger partial charge in [0.2, 0.25) is 6.10 Å². The zero-order chi connectivity index (χ0) is 16.1. The van der Waals surface area contributed by atoms with Gasteiger partial charge in [0.15, 0.2) is 11.5 Å². The molecule has 23 heavy (non-hydrogen) atoms. The summed E-state index contributed by atoms with van der Waals surface area (Å²) in [5.74, 6) is 1.12. The highest BCUT2D eigenvalue weighted by atomic mass is 16.6. The Balaban J connectivity index is 1.70. The molecule has 0 bridgehead atoms. The van der Waals surface area contributed by atoms with E-state index in [0.717, 1.165) is 5.56 Å². The van der Waals surface area contributed by atoms with Gasteiger partial charge in [-0.1, -0.05) is 12.1 Å². The molecule has 0 N–H and O–H groups in total. The first-order valence-electron chi connectivity index (χ1n) is 7.45. The molecule has 3 rings (SSSR count). The van der Waals surface area contributed by atoms with Crippen molar-refractivity contribution in [2.45, 2.75) is 12.6 Å². The third-order valence-corrected chi connectivity index (χ3v) is 3.61. The van der Waals surface area contributed by atoms with Crippen molar-refractivity contribution in [1.29, 1.82) is 0 Å². The lowest BCUT2D eigenvalue weighted by Gasteiger charge is -2.30. The number of methoxy groups -OCH3 is 1. The van der Waals surface area contributed by atoms with Gasteiger partial charge in [0.25, 0.3) is 5.91 Å². The molecular formula is C17H19NO5. The lowest BCUT2D eigenvalue weighted by atomic mass is 10.2. The van der Waals surface area contributed by atoms with Crippen molar-refractivity contribution >= 4 is 5.91 Å². The summed E-state index contributed by atoms with van der Waals surface area (Å²) in [5, 5.41) is 0. The molecule has 1 atom stereocenters. The largest absolute Gasteiger partial charge is 0.485 e. The van der Waals surface area contributed by atoms with Crippen molar-refractivity contribution in [2.24, 2.45) is 0 Å². The second-order valence-corrected chi connectivity index (χ2v) is 5.25. The molecule has 0 saturated carbocycles. The summed E-state index contributed by atoms with van der Waals surface area (Å²) in [6.45, 7) is 1.57. The molecule has 0 spiro atoms. The molecule has 1 aliphatic heterocycles. The second kappa shape index (κ2) is 7.19. The number of amides is 1. The molecule has 0 fully saturated rings. The van der Waals surface area contributed by atoms with Gasteiger partial charge < -0.3 is 23.5 Å². The zero-order valence-corrected chi connectivity index (χ0v) is 12.9. The summed E-state index contributed by atoms with van der Waals surface area (Å²) in [5.41, 5.74) is 0.923. The van der Waals surface area contributed by atoms with Crippen LogP contribution in [0.4, 0.5) is 0 Å². The predicted molar refractivity (Wildman–Crippen MR) is 82.4 cm³/mol. The molecule has 2 heterocycles. The van der Waals surface area contributed by atoms with Crippen LogP contribution in [0.25, 0.3) is 0 Å². The number of carbonyl (C=O) groups is 1. The molecule has 1 amide bonds. The predicted octanol–water partition coefficient (Wildman–Crippen LogP) is 2.09. The van der Waals surface area contributed by atoms with Crippen molar-refractivity contribution in [2.75, 3.05) is 26.9 Å². The molecule has 0 radical (unpaired) electrons. The summed E-state index contributed by atoms with van der Waals surface area (Å²) in [6, 6.07) is 9.17. The minimum atomic E-state index is -0.659. The number of hydrogen-bond donors (Lipinski definition) is 0. The minimum absolute atomic E-state index is 0.127. The molecule has 6 nitrogen and oxygen atoms in total. The summed E-state index contributed by atoms with van der Waals surface area (Å²) < 4.78 is 21.6. The van der Waals surface area contributed by atoms with E-state index in [1.807, 2.05) is 24.3 Å². The van der Waals surface area contributed by atoms with Crippen LogP contribution in [0.15, 0.2) is 47.3 Å². The van der Waals surface area contributed by atoms with E-state index in [9.17, 15) is 4.79 Å². The molecule has 0 unspecified atom stereocenters. The number of para-hydroxylation sites is 2. The number of carbonyl (C=O) groups excluding carboxylic acids is 1. The first-order valence-corrected chi connectivity index (χ1v) is 7.45. The standard InChI is InChI=1S/C17H19NO5/c1-20-9-7-18(10-13-6-8-21-11-13)17(19)16-12-22-14-4-2-3-5-15(14)23-16/h2-6,8,11,16H,7,9-10,12H2,1H3/t16-/m0/s1. The Morgan fingerprint density at radius 3 is 2.87 bits per heavy atom. The maximum atomic E-state index is 12.8. The van der Waals surface area contributed by atoms with Gasteiger partial charge in [0.1, 0.15) is 6.61 Å². The summed E-state index contributed by atoms with van der Waals surface area (Å²) >= 11 is 0. The van der Waals surface area contributed by atoms with E-state index in [-0.39, 0.29) is 12.5 Å². The summed E-state index contributed by atoms with van der Waals surface area (Å²) in [6.07, 6.45) is 2.56. The van der Waals surface area contributed by atoms with Crippen LogP contribution in [0.5, 0.6) is 11.5 Å². The smallest absolute Gasteiger partial charge is 0.267 e. The maximum Gasteiger partial charge on any atom is 0.267 e. The number of hydrogen-bond acceptors (Lipinski definition) is 5. The van der Waals surface area contributed by atoms with Crippen molar-refractivity contribution in [3.63, 3.8) is 0 Å². The Morgan fingerprint density at radius 1 is 1.30 bits per heavy atom. The van der Waals surface area contributed by atoms with Crippen molar-refractivity contribution < 1.29 is 23.4 Å². The lowest BCUT2D eigenvalue weighted by molar-refractivity contribution is -0.142. The van der Waals surface area contributed by atoms with Gasteiger partial charge in [-0.25, -0.2) is 0 Å². The molecule has 0 aliphatic carbocycles. The van der Waals surface area contributed by atoms with Crippen LogP contribution < -0.4 is 9.47 Å². The number of ether oxygens (including phenoxy) is 3. The van der Waals surface area contributed by atoms with Crippen LogP contribution in [0.2, 0.25) is 0 Å². The van der Waals surface area contributed by atoms with Crippen molar-refractivity contribution in [3.05, 3.63) is 48.4 Å². The van der Waals surface area contributed by atoms with Gasteiger partial charge in [-0.3, -0.25) is 4.79 Å². The normalized spacial score (nSPS) is 16.1. The van der Waals surface area contributed by atoms with Crippen LogP contribution in [0, 0.1) is 0 Å².